The summed E-state index contributed by atoms with van der Waals surface area (Å²) in [6.45, 7) is 23.4. The SMILES string of the molecule is C=C/C=C(\C=C/C)C1(C(/C=C\CC)=C/C=C)CC(C)CC(C)(C)C1.CC. The summed E-state index contributed by atoms with van der Waals surface area (Å²) >= 11 is 0. The average Bonchev–Trinajstić information content (AvgIpc) is 2.58. The Kier molecular flexibility index (Phi) is 11.2. The Morgan fingerprint density at radius 2 is 1.54 bits per heavy atom. The lowest BCUT2D eigenvalue weighted by Crippen LogP contribution is -2.39. The van der Waals surface area contributed by atoms with E-state index >= 15 is 0 Å². The van der Waals surface area contributed by atoms with Crippen LogP contribution in [-0.4, -0.2) is 0 Å². The van der Waals surface area contributed by atoms with E-state index < -0.39 is 0 Å². The molecule has 0 radical (unpaired) electrons. The summed E-state index contributed by atoms with van der Waals surface area (Å²) < 4.78 is 0. The van der Waals surface area contributed by atoms with Crippen molar-refractivity contribution in [3.8, 4) is 0 Å². The van der Waals surface area contributed by atoms with Gasteiger partial charge in [0.15, 0.2) is 0 Å². The van der Waals surface area contributed by atoms with Crippen molar-refractivity contribution in [2.45, 2.75) is 74.1 Å². The highest BCUT2D eigenvalue weighted by Gasteiger charge is 2.45. The molecular weight excluding hydrogens is 312 g/mol. The Balaban J connectivity index is 0.00000301. The molecule has 1 fully saturated rings. The van der Waals surface area contributed by atoms with Crippen molar-refractivity contribution in [2.24, 2.45) is 16.7 Å². The number of allylic oxidation sites excluding steroid dienone is 10. The monoisotopic (exact) mass is 354 g/mol. The van der Waals surface area contributed by atoms with E-state index in [-0.39, 0.29) is 5.41 Å². The minimum Gasteiger partial charge on any atom is -0.0991 e. The first-order chi connectivity index (χ1) is 12.3. The molecule has 0 heterocycles. The van der Waals surface area contributed by atoms with Crippen LogP contribution >= 0.6 is 0 Å². The second-order valence-corrected chi connectivity index (χ2v) is 7.96. The molecule has 0 bridgehead atoms. The van der Waals surface area contributed by atoms with Crippen LogP contribution < -0.4 is 0 Å². The second kappa shape index (κ2) is 11.9. The van der Waals surface area contributed by atoms with Crippen LogP contribution in [0.15, 0.2) is 72.9 Å². The van der Waals surface area contributed by atoms with Crippen LogP contribution in [-0.2, 0) is 0 Å². The first-order valence-electron chi connectivity index (χ1n) is 10.3. The zero-order chi connectivity index (χ0) is 20.2. The second-order valence-electron chi connectivity index (χ2n) is 7.96. The fraction of sp³-hybridized carbons (Fsp3) is 0.538. The van der Waals surface area contributed by atoms with Crippen molar-refractivity contribution in [2.75, 3.05) is 0 Å². The minimum absolute atomic E-state index is 0.0295. The summed E-state index contributed by atoms with van der Waals surface area (Å²) in [7, 11) is 0. The standard InChI is InChI=1S/C24H36.C2H6/c1-8-12-16-22(15-11-4)24(21(13-9-2)14-10-3)18-20(5)17-23(6,7)19-24;1-2/h9-16,20H,2,4,8,17-19H2,1,3,5-7H3;1-2H3/b14-10-,16-12-,21-13+,22-15+;. The maximum atomic E-state index is 3.97. The highest BCUT2D eigenvalue weighted by atomic mass is 14.5. The van der Waals surface area contributed by atoms with E-state index in [2.05, 4.69) is 84.2 Å². The summed E-state index contributed by atoms with van der Waals surface area (Å²) in [5.41, 5.74) is 3.10. The molecule has 2 unspecified atom stereocenters. The molecule has 26 heavy (non-hydrogen) atoms. The van der Waals surface area contributed by atoms with E-state index in [4.69, 9.17) is 0 Å². The Hall–Kier alpha value is -1.56. The van der Waals surface area contributed by atoms with Crippen molar-refractivity contribution >= 4 is 0 Å². The maximum Gasteiger partial charge on any atom is 0.0210 e. The summed E-state index contributed by atoms with van der Waals surface area (Å²) in [6, 6.07) is 0. The van der Waals surface area contributed by atoms with Crippen molar-refractivity contribution < 1.29 is 0 Å². The van der Waals surface area contributed by atoms with Crippen molar-refractivity contribution in [3.05, 3.63) is 72.9 Å². The van der Waals surface area contributed by atoms with E-state index in [1.54, 1.807) is 0 Å². The first kappa shape index (κ1) is 24.4. The molecule has 0 aliphatic heterocycles. The number of hydrogen-bond donors (Lipinski definition) is 0. The van der Waals surface area contributed by atoms with Gasteiger partial charge in [-0.05, 0) is 55.1 Å². The Morgan fingerprint density at radius 3 is 1.96 bits per heavy atom. The zero-order valence-electron chi connectivity index (χ0n) is 18.4. The van der Waals surface area contributed by atoms with Crippen molar-refractivity contribution in [1.29, 1.82) is 0 Å². The smallest absolute Gasteiger partial charge is 0.0210 e. The lowest BCUT2D eigenvalue weighted by atomic mass is 9.54. The highest BCUT2D eigenvalue weighted by molar-refractivity contribution is 5.45. The first-order valence-corrected chi connectivity index (χ1v) is 10.3. The van der Waals surface area contributed by atoms with Gasteiger partial charge in [-0.25, -0.2) is 0 Å². The van der Waals surface area contributed by atoms with Gasteiger partial charge >= 0.3 is 0 Å². The van der Waals surface area contributed by atoms with Gasteiger partial charge in [-0.3, -0.25) is 0 Å². The maximum absolute atomic E-state index is 3.97. The topological polar surface area (TPSA) is 0 Å². The van der Waals surface area contributed by atoms with Gasteiger partial charge in [0.05, 0.1) is 0 Å². The lowest BCUT2D eigenvalue weighted by Gasteiger charge is -2.49. The van der Waals surface area contributed by atoms with E-state index in [0.717, 1.165) is 12.8 Å². The Morgan fingerprint density at radius 1 is 1.00 bits per heavy atom. The largest absolute Gasteiger partial charge is 0.0991 e. The van der Waals surface area contributed by atoms with Gasteiger partial charge in [0.2, 0.25) is 0 Å². The van der Waals surface area contributed by atoms with Crippen LogP contribution in [0, 0.1) is 16.7 Å². The molecule has 1 aliphatic carbocycles. The molecule has 0 nitrogen and oxygen atoms in total. The van der Waals surface area contributed by atoms with Crippen LogP contribution in [0.2, 0.25) is 0 Å². The molecule has 1 rings (SSSR count). The third-order valence-corrected chi connectivity index (χ3v) is 4.96. The highest BCUT2D eigenvalue weighted by Crippen LogP contribution is 2.56. The van der Waals surface area contributed by atoms with Crippen LogP contribution in [0.1, 0.15) is 74.1 Å². The van der Waals surface area contributed by atoms with Gasteiger partial charge < -0.3 is 0 Å². The molecule has 0 aromatic rings. The molecule has 1 aliphatic rings. The van der Waals surface area contributed by atoms with Crippen molar-refractivity contribution in [1.82, 2.24) is 0 Å². The predicted octanol–water partition coefficient (Wildman–Crippen LogP) is 8.61. The van der Waals surface area contributed by atoms with Crippen molar-refractivity contribution in [3.63, 3.8) is 0 Å². The Bertz CT molecular complexity index is 551. The molecule has 2 atom stereocenters. The van der Waals surface area contributed by atoms with Crippen LogP contribution in [0.25, 0.3) is 0 Å². The fourth-order valence-corrected chi connectivity index (χ4v) is 4.61. The van der Waals surface area contributed by atoms with Gasteiger partial charge in [0, 0.05) is 5.41 Å². The van der Waals surface area contributed by atoms with E-state index in [0.29, 0.717) is 11.3 Å². The summed E-state index contributed by atoms with van der Waals surface area (Å²) in [5, 5.41) is 0. The molecule has 0 amide bonds. The minimum atomic E-state index is 0.0295. The number of rotatable bonds is 7. The van der Waals surface area contributed by atoms with Gasteiger partial charge in [-0.1, -0.05) is 103 Å². The molecule has 0 aromatic carbocycles. The van der Waals surface area contributed by atoms with Crippen LogP contribution in [0.4, 0.5) is 0 Å². The molecule has 0 saturated heterocycles. The Labute approximate surface area is 164 Å². The molecule has 0 aromatic heterocycles. The predicted molar refractivity (Wildman–Crippen MR) is 121 cm³/mol. The molecular formula is C26H42. The molecule has 0 heteroatoms. The van der Waals surface area contributed by atoms with E-state index in [9.17, 15) is 0 Å². The van der Waals surface area contributed by atoms with E-state index in [1.807, 2.05) is 26.0 Å². The average molecular weight is 355 g/mol. The van der Waals surface area contributed by atoms with Gasteiger partial charge in [0.1, 0.15) is 0 Å². The van der Waals surface area contributed by atoms with Crippen LogP contribution in [0.5, 0.6) is 0 Å². The molecule has 0 N–H and O–H groups in total. The van der Waals surface area contributed by atoms with Gasteiger partial charge in [-0.2, -0.15) is 0 Å². The van der Waals surface area contributed by atoms with Gasteiger partial charge in [0.25, 0.3) is 0 Å². The zero-order valence-corrected chi connectivity index (χ0v) is 18.4. The molecule has 0 spiro atoms. The third-order valence-electron chi connectivity index (χ3n) is 4.96. The summed E-state index contributed by atoms with van der Waals surface area (Å²) in [4.78, 5) is 0. The third kappa shape index (κ3) is 6.63. The lowest BCUT2D eigenvalue weighted by molar-refractivity contribution is 0.103. The normalized spacial score (nSPS) is 26.5. The summed E-state index contributed by atoms with van der Waals surface area (Å²) in [6.07, 6.45) is 21.9. The summed E-state index contributed by atoms with van der Waals surface area (Å²) in [5.74, 6) is 0.690. The molecule has 146 valence electrons. The molecule has 1 saturated carbocycles. The van der Waals surface area contributed by atoms with Gasteiger partial charge in [-0.15, -0.1) is 0 Å². The van der Waals surface area contributed by atoms with Crippen LogP contribution in [0.3, 0.4) is 0 Å². The quantitative estimate of drug-likeness (QED) is 0.401. The number of hydrogen-bond acceptors (Lipinski definition) is 0. The van der Waals surface area contributed by atoms with E-state index in [1.165, 1.54) is 24.0 Å². The fourth-order valence-electron chi connectivity index (χ4n) is 4.61.